The number of carbonyl (C=O) groups is 3. The number of benzene rings is 1. The topological polar surface area (TPSA) is 62.6 Å². The Hall–Kier alpha value is -2.15. The van der Waals surface area contributed by atoms with Gasteiger partial charge in [0.05, 0.1) is 17.8 Å². The van der Waals surface area contributed by atoms with Crippen LogP contribution >= 0.6 is 15.9 Å². The summed E-state index contributed by atoms with van der Waals surface area (Å²) < 4.78 is 2.44. The predicted octanol–water partition coefficient (Wildman–Crippen LogP) is 2.64. The number of aromatic nitrogens is 1. The summed E-state index contributed by atoms with van der Waals surface area (Å²) in [7, 11) is 0. The van der Waals surface area contributed by atoms with E-state index in [-0.39, 0.29) is 24.4 Å². The van der Waals surface area contributed by atoms with E-state index in [1.807, 2.05) is 24.3 Å². The third-order valence-corrected chi connectivity index (χ3v) is 4.56. The van der Waals surface area contributed by atoms with Crippen LogP contribution in [-0.2, 0) is 16.1 Å². The van der Waals surface area contributed by atoms with Crippen LogP contribution in [0.25, 0.3) is 10.9 Å². The standard InChI is InChI=1S/C15H12BrN3O3/c16-10-5-4-9-6-11-8-17(15(22)18(11)12(9)7-10)19-13(20)2-1-3-14(19)21/h4-7H,1-3,8H2. The lowest BCUT2D eigenvalue weighted by Gasteiger charge is -2.31. The second-order valence-electron chi connectivity index (χ2n) is 5.47. The summed E-state index contributed by atoms with van der Waals surface area (Å²) in [6.45, 7) is 0.239. The number of imide groups is 1. The number of hydrogen-bond acceptors (Lipinski definition) is 3. The van der Waals surface area contributed by atoms with Crippen molar-refractivity contribution in [3.63, 3.8) is 0 Å². The van der Waals surface area contributed by atoms with Gasteiger partial charge in [-0.05, 0) is 24.6 Å². The number of nitrogens with zero attached hydrogens (tertiary/aromatic N) is 3. The van der Waals surface area contributed by atoms with Crippen molar-refractivity contribution >= 4 is 44.7 Å². The van der Waals surface area contributed by atoms with Gasteiger partial charge in [-0.25, -0.2) is 9.80 Å². The lowest BCUT2D eigenvalue weighted by molar-refractivity contribution is -0.163. The molecular weight excluding hydrogens is 350 g/mol. The summed E-state index contributed by atoms with van der Waals surface area (Å²) in [5.74, 6) is -0.610. The van der Waals surface area contributed by atoms with E-state index in [1.54, 1.807) is 4.57 Å². The van der Waals surface area contributed by atoms with Crippen LogP contribution in [0.2, 0.25) is 0 Å². The van der Waals surface area contributed by atoms with Crippen molar-refractivity contribution in [1.29, 1.82) is 0 Å². The van der Waals surface area contributed by atoms with E-state index in [4.69, 9.17) is 0 Å². The number of hydrogen-bond donors (Lipinski definition) is 0. The van der Waals surface area contributed by atoms with Crippen LogP contribution in [0.3, 0.4) is 0 Å². The Morgan fingerprint density at radius 1 is 1.00 bits per heavy atom. The van der Waals surface area contributed by atoms with Gasteiger partial charge in [-0.2, -0.15) is 5.01 Å². The molecule has 1 saturated heterocycles. The van der Waals surface area contributed by atoms with E-state index in [0.29, 0.717) is 19.3 Å². The van der Waals surface area contributed by atoms with Crippen LogP contribution in [0.15, 0.2) is 28.7 Å². The molecule has 4 rings (SSSR count). The molecule has 0 N–H and O–H groups in total. The first-order chi connectivity index (χ1) is 10.6. The molecule has 6 nitrogen and oxygen atoms in total. The average molecular weight is 362 g/mol. The summed E-state index contributed by atoms with van der Waals surface area (Å²) in [5, 5.41) is 3.23. The molecule has 1 aromatic carbocycles. The van der Waals surface area contributed by atoms with Crippen molar-refractivity contribution < 1.29 is 14.4 Å². The van der Waals surface area contributed by atoms with Crippen LogP contribution in [0.5, 0.6) is 0 Å². The van der Waals surface area contributed by atoms with Crippen molar-refractivity contribution in [2.75, 3.05) is 0 Å². The zero-order valence-corrected chi connectivity index (χ0v) is 13.2. The van der Waals surface area contributed by atoms with Crippen molar-refractivity contribution in [1.82, 2.24) is 14.6 Å². The molecule has 2 aromatic rings. The van der Waals surface area contributed by atoms with Crippen molar-refractivity contribution in [2.45, 2.75) is 25.8 Å². The maximum Gasteiger partial charge on any atom is 0.348 e. The minimum Gasteiger partial charge on any atom is -0.273 e. The molecule has 0 atom stereocenters. The van der Waals surface area contributed by atoms with Gasteiger partial charge in [-0.3, -0.25) is 14.2 Å². The van der Waals surface area contributed by atoms with Crippen molar-refractivity contribution in [2.24, 2.45) is 0 Å². The highest BCUT2D eigenvalue weighted by Gasteiger charge is 2.39. The molecule has 112 valence electrons. The van der Waals surface area contributed by atoms with Gasteiger partial charge in [-0.15, -0.1) is 0 Å². The highest BCUT2D eigenvalue weighted by molar-refractivity contribution is 9.10. The lowest BCUT2D eigenvalue weighted by Crippen LogP contribution is -2.52. The highest BCUT2D eigenvalue weighted by atomic mass is 79.9. The molecule has 22 heavy (non-hydrogen) atoms. The third kappa shape index (κ3) is 1.81. The summed E-state index contributed by atoms with van der Waals surface area (Å²) in [6, 6.07) is 7.27. The van der Waals surface area contributed by atoms with Gasteiger partial charge in [0.15, 0.2) is 0 Å². The molecule has 3 heterocycles. The van der Waals surface area contributed by atoms with Gasteiger partial charge in [-0.1, -0.05) is 22.0 Å². The van der Waals surface area contributed by atoms with Crippen molar-refractivity contribution in [3.8, 4) is 0 Å². The Labute approximate surface area is 134 Å². The summed E-state index contributed by atoms with van der Waals surface area (Å²) >= 11 is 3.40. The van der Waals surface area contributed by atoms with Crippen LogP contribution < -0.4 is 0 Å². The van der Waals surface area contributed by atoms with E-state index in [1.165, 1.54) is 5.01 Å². The quantitative estimate of drug-likeness (QED) is 0.733. The predicted molar refractivity (Wildman–Crippen MR) is 81.7 cm³/mol. The van der Waals surface area contributed by atoms with Gasteiger partial charge in [0.1, 0.15) is 0 Å². The molecule has 0 aliphatic carbocycles. The molecule has 0 radical (unpaired) electrons. The monoisotopic (exact) mass is 361 g/mol. The minimum absolute atomic E-state index is 0.239. The summed E-state index contributed by atoms with van der Waals surface area (Å²) in [5.41, 5.74) is 1.55. The normalized spacial score (nSPS) is 18.5. The fraction of sp³-hybridized carbons (Fsp3) is 0.267. The molecule has 7 heteroatoms. The molecule has 0 saturated carbocycles. The lowest BCUT2D eigenvalue weighted by atomic mass is 10.1. The maximum absolute atomic E-state index is 12.7. The molecule has 2 aliphatic heterocycles. The smallest absolute Gasteiger partial charge is 0.273 e. The van der Waals surface area contributed by atoms with Gasteiger partial charge in [0, 0.05) is 22.7 Å². The van der Waals surface area contributed by atoms with E-state index in [9.17, 15) is 14.4 Å². The molecule has 0 unspecified atom stereocenters. The zero-order chi connectivity index (χ0) is 15.4. The van der Waals surface area contributed by atoms with Crippen LogP contribution in [0.1, 0.15) is 25.0 Å². The Bertz CT molecular complexity index is 826. The highest BCUT2D eigenvalue weighted by Crippen LogP contribution is 2.30. The molecule has 2 aliphatic rings. The Balaban J connectivity index is 1.77. The van der Waals surface area contributed by atoms with Gasteiger partial charge >= 0.3 is 6.03 Å². The molecule has 0 spiro atoms. The van der Waals surface area contributed by atoms with Crippen LogP contribution in [-0.4, -0.2) is 32.4 Å². The van der Waals surface area contributed by atoms with E-state index < -0.39 is 0 Å². The first-order valence-electron chi connectivity index (χ1n) is 7.04. The fourth-order valence-corrected chi connectivity index (χ4v) is 3.43. The number of piperidine rings is 1. The molecule has 1 aromatic heterocycles. The minimum atomic E-state index is -0.355. The van der Waals surface area contributed by atoms with Crippen LogP contribution in [0, 0.1) is 0 Å². The van der Waals surface area contributed by atoms with Crippen LogP contribution in [0.4, 0.5) is 4.79 Å². The van der Waals surface area contributed by atoms with Gasteiger partial charge < -0.3 is 0 Å². The van der Waals surface area contributed by atoms with E-state index in [2.05, 4.69) is 15.9 Å². The number of rotatable bonds is 1. The third-order valence-electron chi connectivity index (χ3n) is 4.06. The number of fused-ring (bicyclic) bond motifs is 3. The Morgan fingerprint density at radius 3 is 2.45 bits per heavy atom. The summed E-state index contributed by atoms with van der Waals surface area (Å²) in [4.78, 5) is 36.7. The second-order valence-corrected chi connectivity index (χ2v) is 6.38. The molecule has 0 bridgehead atoms. The van der Waals surface area contributed by atoms with Gasteiger partial charge in [0.25, 0.3) is 0 Å². The maximum atomic E-state index is 12.7. The Kier molecular flexibility index (Phi) is 2.87. The number of carbonyl (C=O) groups excluding carboxylic acids is 3. The average Bonchev–Trinajstić information content (AvgIpc) is 2.96. The number of halogens is 1. The van der Waals surface area contributed by atoms with Crippen molar-refractivity contribution in [3.05, 3.63) is 34.4 Å². The SMILES string of the molecule is O=C1CCCC(=O)N1N1Cc2cc3ccc(Br)cc3n2C1=O. The van der Waals surface area contributed by atoms with Gasteiger partial charge in [0.2, 0.25) is 11.8 Å². The number of amides is 3. The molecular formula is C15H12BrN3O3. The van der Waals surface area contributed by atoms with E-state index >= 15 is 0 Å². The first kappa shape index (κ1) is 13.5. The fourth-order valence-electron chi connectivity index (χ4n) is 3.08. The second kappa shape index (κ2) is 4.67. The molecule has 1 fully saturated rings. The first-order valence-corrected chi connectivity index (χ1v) is 7.83. The van der Waals surface area contributed by atoms with E-state index in [0.717, 1.165) is 26.1 Å². The Morgan fingerprint density at radius 2 is 1.73 bits per heavy atom. The number of hydrazine groups is 1. The molecule has 3 amide bonds. The summed E-state index contributed by atoms with van der Waals surface area (Å²) in [6.07, 6.45) is 1.16. The zero-order valence-electron chi connectivity index (χ0n) is 11.6. The largest absolute Gasteiger partial charge is 0.348 e.